The fraction of sp³-hybridized carbons (Fsp3) is 0.407. The molecule has 38 heavy (non-hydrogen) atoms. The first kappa shape index (κ1) is 30.2. The molecule has 5 N–H and O–H groups in total. The summed E-state index contributed by atoms with van der Waals surface area (Å²) >= 11 is 0. The molecule has 0 spiro atoms. The Balaban J connectivity index is 1.65. The predicted molar refractivity (Wildman–Crippen MR) is 146 cm³/mol. The van der Waals surface area contributed by atoms with Crippen molar-refractivity contribution in [2.45, 2.75) is 31.8 Å². The van der Waals surface area contributed by atoms with Gasteiger partial charge in [0.05, 0.1) is 17.9 Å². The maximum absolute atomic E-state index is 13.1. The second-order valence-corrected chi connectivity index (χ2v) is 8.70. The third kappa shape index (κ3) is 12.3. The third-order valence-corrected chi connectivity index (χ3v) is 5.11. The first-order valence-corrected chi connectivity index (χ1v) is 12.4. The van der Waals surface area contributed by atoms with Crippen LogP contribution >= 0.6 is 0 Å². The lowest BCUT2D eigenvalue weighted by atomic mass is 10.2. The van der Waals surface area contributed by atoms with E-state index in [9.17, 15) is 19.1 Å². The molecule has 2 aromatic rings. The van der Waals surface area contributed by atoms with E-state index in [1.807, 2.05) is 19.0 Å². The van der Waals surface area contributed by atoms with Crippen LogP contribution in [0.3, 0.4) is 0 Å². The van der Waals surface area contributed by atoms with Crippen LogP contribution in [0.5, 0.6) is 0 Å². The van der Waals surface area contributed by atoms with Crippen LogP contribution in [0.2, 0.25) is 0 Å². The summed E-state index contributed by atoms with van der Waals surface area (Å²) in [6.45, 7) is 1.21. The standard InChI is InChI=1S/C27H36FN7O3/c1-29-26-20(18-32-27(34-26)33-22-12-10-21(28)11-13-22)8-5-4-6-16-30-25(38)15-14-23(36)19-31-24(37)9-7-17-35(2)3/h7,9-13,18,23,36H,4,6,14-17,19H2,1-3H3,(H,30,38)(H,31,37)(H2,29,32,33,34)/b9-7+/t23-/m1/s1. The molecule has 0 radical (unpaired) electrons. The number of rotatable bonds is 14. The van der Waals surface area contributed by atoms with E-state index in [0.717, 1.165) is 0 Å². The Morgan fingerprint density at radius 1 is 1.21 bits per heavy atom. The lowest BCUT2D eigenvalue weighted by Crippen LogP contribution is -2.32. The van der Waals surface area contributed by atoms with Crippen LogP contribution < -0.4 is 21.3 Å². The van der Waals surface area contributed by atoms with Gasteiger partial charge in [-0.15, -0.1) is 0 Å². The van der Waals surface area contributed by atoms with Gasteiger partial charge in [-0.25, -0.2) is 9.37 Å². The number of aliphatic hydroxyl groups excluding tert-OH is 1. The Kier molecular flexibility index (Phi) is 13.3. The van der Waals surface area contributed by atoms with Crippen LogP contribution in [-0.4, -0.2) is 78.7 Å². The molecule has 0 aliphatic carbocycles. The van der Waals surface area contributed by atoms with Crippen molar-refractivity contribution in [2.75, 3.05) is 51.4 Å². The summed E-state index contributed by atoms with van der Waals surface area (Å²) in [5.41, 5.74) is 1.30. The topological polar surface area (TPSA) is 132 Å². The van der Waals surface area contributed by atoms with Crippen molar-refractivity contribution in [3.63, 3.8) is 0 Å². The molecular weight excluding hydrogens is 489 g/mol. The molecule has 2 rings (SSSR count). The quantitative estimate of drug-likeness (QED) is 0.144. The van der Waals surface area contributed by atoms with Crippen LogP contribution in [0.25, 0.3) is 0 Å². The van der Waals surface area contributed by atoms with Crippen molar-refractivity contribution in [2.24, 2.45) is 0 Å². The smallest absolute Gasteiger partial charge is 0.243 e. The molecule has 1 atom stereocenters. The average Bonchev–Trinajstić information content (AvgIpc) is 2.89. The minimum Gasteiger partial charge on any atom is -0.391 e. The molecule has 11 heteroatoms. The van der Waals surface area contributed by atoms with Crippen molar-refractivity contribution in [1.82, 2.24) is 25.5 Å². The van der Waals surface area contributed by atoms with Crippen LogP contribution in [0.4, 0.5) is 21.8 Å². The number of hydrogen-bond acceptors (Lipinski definition) is 8. The third-order valence-electron chi connectivity index (χ3n) is 5.11. The highest BCUT2D eigenvalue weighted by Crippen LogP contribution is 2.17. The highest BCUT2D eigenvalue weighted by molar-refractivity contribution is 5.87. The number of anilines is 3. The first-order valence-electron chi connectivity index (χ1n) is 12.4. The molecule has 0 fully saturated rings. The number of likely N-dealkylation sites (N-methyl/N-ethyl adjacent to an activating group) is 1. The second-order valence-electron chi connectivity index (χ2n) is 8.70. The lowest BCUT2D eigenvalue weighted by molar-refractivity contribution is -0.121. The monoisotopic (exact) mass is 525 g/mol. The highest BCUT2D eigenvalue weighted by Gasteiger charge is 2.09. The Morgan fingerprint density at radius 3 is 2.68 bits per heavy atom. The molecule has 1 aromatic carbocycles. The number of amides is 2. The van der Waals surface area contributed by atoms with Crippen LogP contribution in [-0.2, 0) is 9.59 Å². The van der Waals surface area contributed by atoms with E-state index >= 15 is 0 Å². The van der Waals surface area contributed by atoms with Gasteiger partial charge in [-0.1, -0.05) is 17.9 Å². The van der Waals surface area contributed by atoms with E-state index in [0.29, 0.717) is 48.9 Å². The van der Waals surface area contributed by atoms with Gasteiger partial charge in [0, 0.05) is 51.3 Å². The van der Waals surface area contributed by atoms with Gasteiger partial charge in [0.2, 0.25) is 17.8 Å². The minimum absolute atomic E-state index is 0.0929. The van der Waals surface area contributed by atoms with Crippen LogP contribution in [0.1, 0.15) is 31.2 Å². The van der Waals surface area contributed by atoms with Crippen LogP contribution in [0.15, 0.2) is 42.6 Å². The summed E-state index contributed by atoms with van der Waals surface area (Å²) in [5.74, 6) is 6.24. The predicted octanol–water partition coefficient (Wildman–Crippen LogP) is 2.02. The zero-order valence-electron chi connectivity index (χ0n) is 22.1. The number of carbonyl (C=O) groups is 2. The Hall–Kier alpha value is -4.01. The Labute approximate surface area is 223 Å². The molecule has 1 heterocycles. The lowest BCUT2D eigenvalue weighted by Gasteiger charge is -2.11. The van der Waals surface area contributed by atoms with Crippen molar-refractivity contribution >= 4 is 29.3 Å². The summed E-state index contributed by atoms with van der Waals surface area (Å²) in [4.78, 5) is 34.2. The number of aliphatic hydroxyl groups is 1. The summed E-state index contributed by atoms with van der Waals surface area (Å²) in [7, 11) is 5.54. The summed E-state index contributed by atoms with van der Waals surface area (Å²) in [6, 6.07) is 5.89. The fourth-order valence-corrected chi connectivity index (χ4v) is 3.08. The molecule has 0 saturated carbocycles. The van der Waals surface area contributed by atoms with Gasteiger partial charge < -0.3 is 31.3 Å². The largest absolute Gasteiger partial charge is 0.391 e. The molecule has 10 nitrogen and oxygen atoms in total. The van der Waals surface area contributed by atoms with Gasteiger partial charge in [0.25, 0.3) is 0 Å². The average molecular weight is 526 g/mol. The summed E-state index contributed by atoms with van der Waals surface area (Å²) < 4.78 is 13.1. The van der Waals surface area contributed by atoms with Crippen LogP contribution in [0, 0.1) is 17.7 Å². The van der Waals surface area contributed by atoms with E-state index in [-0.39, 0.29) is 37.0 Å². The molecule has 0 aliphatic rings. The molecule has 0 saturated heterocycles. The van der Waals surface area contributed by atoms with Gasteiger partial charge in [-0.2, -0.15) is 4.98 Å². The number of benzene rings is 1. The van der Waals surface area contributed by atoms with Crippen molar-refractivity contribution in [3.8, 4) is 11.8 Å². The van der Waals surface area contributed by atoms with Crippen molar-refractivity contribution in [1.29, 1.82) is 0 Å². The van der Waals surface area contributed by atoms with Gasteiger partial charge in [-0.3, -0.25) is 9.59 Å². The molecule has 2 amide bonds. The molecule has 0 aliphatic heterocycles. The number of nitrogens with one attached hydrogen (secondary N) is 4. The molecular formula is C27H36FN7O3. The zero-order chi connectivity index (χ0) is 27.8. The number of unbranched alkanes of at least 4 members (excludes halogenated alkanes) is 1. The number of hydrogen-bond donors (Lipinski definition) is 5. The molecule has 204 valence electrons. The van der Waals surface area contributed by atoms with E-state index in [1.165, 1.54) is 18.2 Å². The Morgan fingerprint density at radius 2 is 1.97 bits per heavy atom. The highest BCUT2D eigenvalue weighted by atomic mass is 19.1. The van der Waals surface area contributed by atoms with E-state index < -0.39 is 6.10 Å². The fourth-order valence-electron chi connectivity index (χ4n) is 3.08. The number of carbonyl (C=O) groups excluding carboxylic acids is 2. The van der Waals surface area contributed by atoms with E-state index in [2.05, 4.69) is 43.1 Å². The maximum atomic E-state index is 13.1. The Bertz CT molecular complexity index is 1130. The van der Waals surface area contributed by atoms with E-state index in [4.69, 9.17) is 0 Å². The second kappa shape index (κ2) is 16.7. The number of halogens is 1. The van der Waals surface area contributed by atoms with Crippen molar-refractivity contribution < 1.29 is 19.1 Å². The normalized spacial score (nSPS) is 11.5. The number of aromatic nitrogens is 2. The van der Waals surface area contributed by atoms with E-state index in [1.54, 1.807) is 31.5 Å². The molecule has 0 bridgehead atoms. The van der Waals surface area contributed by atoms with Gasteiger partial charge in [0.1, 0.15) is 11.6 Å². The zero-order valence-corrected chi connectivity index (χ0v) is 22.1. The SMILES string of the molecule is CNc1nc(Nc2ccc(F)cc2)ncc1C#CCCCNC(=O)CC[C@@H](O)CNC(=O)/C=C/CN(C)C. The number of nitrogens with zero attached hydrogens (tertiary/aromatic N) is 3. The van der Waals surface area contributed by atoms with Crippen molar-refractivity contribution in [3.05, 3.63) is 54.0 Å². The van der Waals surface area contributed by atoms with Gasteiger partial charge in [0.15, 0.2) is 0 Å². The van der Waals surface area contributed by atoms with Gasteiger partial charge in [-0.05, 0) is 51.2 Å². The van der Waals surface area contributed by atoms with Gasteiger partial charge >= 0.3 is 0 Å². The summed E-state index contributed by atoms with van der Waals surface area (Å²) in [6.07, 6.45) is 5.62. The maximum Gasteiger partial charge on any atom is 0.243 e. The summed E-state index contributed by atoms with van der Waals surface area (Å²) in [5, 5.41) is 21.4. The molecule has 1 aromatic heterocycles. The first-order chi connectivity index (χ1) is 18.3. The molecule has 0 unspecified atom stereocenters. The minimum atomic E-state index is -0.793.